The summed E-state index contributed by atoms with van der Waals surface area (Å²) in [4.78, 5) is 22.7. The van der Waals surface area contributed by atoms with Crippen molar-refractivity contribution in [3.05, 3.63) is 59.9 Å². The number of H-pyrrole nitrogens is 1. The summed E-state index contributed by atoms with van der Waals surface area (Å²) >= 11 is 0. The number of aromatic nitrogens is 2. The zero-order valence-corrected chi connectivity index (χ0v) is 13.5. The molecule has 0 atom stereocenters. The predicted molar refractivity (Wildman–Crippen MR) is 95.0 cm³/mol. The molecule has 0 unspecified atom stereocenters. The van der Waals surface area contributed by atoms with Crippen molar-refractivity contribution < 1.29 is 4.79 Å². The standard InChI is InChI=1S/C19H20N4O/c24-19(14-6-2-1-3-7-14)20-15-8-9-16-17(12-15)22-18(21-16)13-23-10-4-5-11-23/h1-3,6-9,12H,4-5,10-11,13H2,(H,20,24)(H,21,22). The number of fused-ring (bicyclic) bond motifs is 1. The monoisotopic (exact) mass is 320 g/mol. The smallest absolute Gasteiger partial charge is 0.255 e. The summed E-state index contributed by atoms with van der Waals surface area (Å²) in [5.74, 6) is 0.876. The molecule has 4 rings (SSSR count). The Balaban J connectivity index is 1.51. The molecule has 2 aromatic carbocycles. The van der Waals surface area contributed by atoms with Crippen LogP contribution in [-0.4, -0.2) is 33.9 Å². The van der Waals surface area contributed by atoms with Crippen molar-refractivity contribution in [1.82, 2.24) is 14.9 Å². The number of aromatic amines is 1. The molecule has 1 amide bonds. The fourth-order valence-corrected chi connectivity index (χ4v) is 3.16. The Bertz CT molecular complexity index is 850. The molecular weight excluding hydrogens is 300 g/mol. The van der Waals surface area contributed by atoms with Crippen LogP contribution in [0, 0.1) is 0 Å². The largest absolute Gasteiger partial charge is 0.341 e. The lowest BCUT2D eigenvalue weighted by atomic mass is 10.2. The van der Waals surface area contributed by atoms with E-state index in [4.69, 9.17) is 0 Å². The van der Waals surface area contributed by atoms with Crippen LogP contribution < -0.4 is 5.32 Å². The molecule has 1 fully saturated rings. The summed E-state index contributed by atoms with van der Waals surface area (Å²) in [6.07, 6.45) is 2.55. The van der Waals surface area contributed by atoms with Crippen LogP contribution in [0.3, 0.4) is 0 Å². The van der Waals surface area contributed by atoms with E-state index in [1.807, 2.05) is 36.4 Å². The molecule has 1 aliphatic rings. The van der Waals surface area contributed by atoms with E-state index in [1.165, 1.54) is 12.8 Å². The second kappa shape index (κ2) is 6.45. The summed E-state index contributed by atoms with van der Waals surface area (Å²) in [6.45, 7) is 3.16. The Morgan fingerprint density at radius 2 is 1.92 bits per heavy atom. The maximum Gasteiger partial charge on any atom is 0.255 e. The summed E-state index contributed by atoms with van der Waals surface area (Å²) in [5.41, 5.74) is 3.29. The highest BCUT2D eigenvalue weighted by molar-refractivity contribution is 6.04. The van der Waals surface area contributed by atoms with Gasteiger partial charge in [0.2, 0.25) is 0 Å². The van der Waals surface area contributed by atoms with Crippen LogP contribution in [0.1, 0.15) is 29.0 Å². The predicted octanol–water partition coefficient (Wildman–Crippen LogP) is 3.41. The SMILES string of the molecule is O=C(Nc1ccc2[nH]c(CN3CCCC3)nc2c1)c1ccccc1. The van der Waals surface area contributed by atoms with Gasteiger partial charge in [-0.1, -0.05) is 18.2 Å². The van der Waals surface area contributed by atoms with Gasteiger partial charge in [-0.3, -0.25) is 9.69 Å². The molecule has 122 valence electrons. The van der Waals surface area contributed by atoms with Gasteiger partial charge >= 0.3 is 0 Å². The number of benzene rings is 2. The second-order valence-electron chi connectivity index (χ2n) is 6.22. The lowest BCUT2D eigenvalue weighted by Crippen LogP contribution is -2.19. The Morgan fingerprint density at radius 3 is 2.71 bits per heavy atom. The fourth-order valence-electron chi connectivity index (χ4n) is 3.16. The number of nitrogens with one attached hydrogen (secondary N) is 2. The van der Waals surface area contributed by atoms with Crippen molar-refractivity contribution in [2.24, 2.45) is 0 Å². The summed E-state index contributed by atoms with van der Waals surface area (Å²) in [6, 6.07) is 15.0. The highest BCUT2D eigenvalue weighted by Crippen LogP contribution is 2.19. The zero-order chi connectivity index (χ0) is 16.4. The zero-order valence-electron chi connectivity index (χ0n) is 13.5. The molecule has 2 N–H and O–H groups in total. The van der Waals surface area contributed by atoms with Crippen molar-refractivity contribution in [1.29, 1.82) is 0 Å². The average molecular weight is 320 g/mol. The van der Waals surface area contributed by atoms with E-state index in [0.29, 0.717) is 5.56 Å². The van der Waals surface area contributed by atoms with Gasteiger partial charge in [0.25, 0.3) is 5.91 Å². The van der Waals surface area contributed by atoms with Gasteiger partial charge in [-0.2, -0.15) is 0 Å². The fraction of sp³-hybridized carbons (Fsp3) is 0.263. The Labute approximate surface area is 140 Å². The minimum atomic E-state index is -0.109. The highest BCUT2D eigenvalue weighted by Gasteiger charge is 2.14. The number of hydrogen-bond acceptors (Lipinski definition) is 3. The number of nitrogens with zero attached hydrogens (tertiary/aromatic N) is 2. The molecule has 0 saturated carbocycles. The van der Waals surface area contributed by atoms with Crippen molar-refractivity contribution in [3.63, 3.8) is 0 Å². The van der Waals surface area contributed by atoms with Gasteiger partial charge in [-0.15, -0.1) is 0 Å². The topological polar surface area (TPSA) is 61.0 Å². The molecule has 0 bridgehead atoms. The van der Waals surface area contributed by atoms with E-state index in [2.05, 4.69) is 20.2 Å². The van der Waals surface area contributed by atoms with Crippen LogP contribution in [0.25, 0.3) is 11.0 Å². The lowest BCUT2D eigenvalue weighted by molar-refractivity contribution is 0.102. The van der Waals surface area contributed by atoms with Crippen molar-refractivity contribution in [3.8, 4) is 0 Å². The van der Waals surface area contributed by atoms with Crippen LogP contribution >= 0.6 is 0 Å². The lowest BCUT2D eigenvalue weighted by Gasteiger charge is -2.11. The third-order valence-electron chi connectivity index (χ3n) is 4.40. The van der Waals surface area contributed by atoms with Crippen molar-refractivity contribution >= 4 is 22.6 Å². The summed E-state index contributed by atoms with van der Waals surface area (Å²) in [7, 11) is 0. The first-order valence-corrected chi connectivity index (χ1v) is 8.35. The van der Waals surface area contributed by atoms with Crippen LogP contribution in [0.5, 0.6) is 0 Å². The Morgan fingerprint density at radius 1 is 1.12 bits per heavy atom. The summed E-state index contributed by atoms with van der Waals surface area (Å²) in [5, 5.41) is 2.93. The number of anilines is 1. The number of likely N-dealkylation sites (tertiary alicyclic amines) is 1. The van der Waals surface area contributed by atoms with E-state index in [-0.39, 0.29) is 5.91 Å². The second-order valence-corrected chi connectivity index (χ2v) is 6.22. The first-order chi connectivity index (χ1) is 11.8. The van der Waals surface area contributed by atoms with Crippen LogP contribution in [0.4, 0.5) is 5.69 Å². The maximum absolute atomic E-state index is 12.2. The van der Waals surface area contributed by atoms with Crippen LogP contribution in [0.15, 0.2) is 48.5 Å². The first kappa shape index (κ1) is 14.9. The molecule has 1 aromatic heterocycles. The van der Waals surface area contributed by atoms with Gasteiger partial charge in [-0.25, -0.2) is 4.98 Å². The maximum atomic E-state index is 12.2. The number of rotatable bonds is 4. The third kappa shape index (κ3) is 3.16. The third-order valence-corrected chi connectivity index (χ3v) is 4.40. The molecule has 5 heteroatoms. The number of carbonyl (C=O) groups is 1. The average Bonchev–Trinajstić information content (AvgIpc) is 3.24. The molecule has 3 aromatic rings. The Hall–Kier alpha value is -2.66. The van der Waals surface area contributed by atoms with Crippen molar-refractivity contribution in [2.45, 2.75) is 19.4 Å². The van der Waals surface area contributed by atoms with Gasteiger partial charge < -0.3 is 10.3 Å². The van der Waals surface area contributed by atoms with E-state index < -0.39 is 0 Å². The quantitative estimate of drug-likeness (QED) is 0.774. The number of amides is 1. The van der Waals surface area contributed by atoms with Gasteiger partial charge in [0.15, 0.2) is 0 Å². The normalized spacial score (nSPS) is 15.0. The first-order valence-electron chi connectivity index (χ1n) is 8.35. The molecule has 0 aliphatic carbocycles. The van der Waals surface area contributed by atoms with Crippen molar-refractivity contribution in [2.75, 3.05) is 18.4 Å². The molecule has 5 nitrogen and oxygen atoms in total. The van der Waals surface area contributed by atoms with E-state index in [0.717, 1.165) is 42.2 Å². The van der Waals surface area contributed by atoms with Gasteiger partial charge in [0, 0.05) is 11.3 Å². The summed E-state index contributed by atoms with van der Waals surface area (Å²) < 4.78 is 0. The van der Waals surface area contributed by atoms with Gasteiger partial charge in [0.05, 0.1) is 17.6 Å². The van der Waals surface area contributed by atoms with E-state index >= 15 is 0 Å². The number of hydrogen-bond donors (Lipinski definition) is 2. The highest BCUT2D eigenvalue weighted by atomic mass is 16.1. The van der Waals surface area contributed by atoms with Crippen LogP contribution in [-0.2, 0) is 6.54 Å². The molecule has 24 heavy (non-hydrogen) atoms. The molecule has 0 radical (unpaired) electrons. The minimum Gasteiger partial charge on any atom is -0.341 e. The number of imidazole rings is 1. The molecule has 0 spiro atoms. The minimum absolute atomic E-state index is 0.109. The Kier molecular flexibility index (Phi) is 4.01. The molecule has 1 aliphatic heterocycles. The number of carbonyl (C=O) groups excluding carboxylic acids is 1. The van der Waals surface area contributed by atoms with Crippen LogP contribution in [0.2, 0.25) is 0 Å². The van der Waals surface area contributed by atoms with Gasteiger partial charge in [-0.05, 0) is 56.3 Å². The molecule has 2 heterocycles. The van der Waals surface area contributed by atoms with Gasteiger partial charge in [0.1, 0.15) is 5.82 Å². The molecular formula is C19H20N4O. The van der Waals surface area contributed by atoms with E-state index in [1.54, 1.807) is 12.1 Å². The van der Waals surface area contributed by atoms with E-state index in [9.17, 15) is 4.79 Å². The molecule has 1 saturated heterocycles.